The molecule has 0 radical (unpaired) electrons. The van der Waals surface area contributed by atoms with Gasteiger partial charge in [-0.1, -0.05) is 50.6 Å². The van der Waals surface area contributed by atoms with Crippen LogP contribution in [0.25, 0.3) is 0 Å². The molecule has 8 nitrogen and oxygen atoms in total. The second-order valence-electron chi connectivity index (χ2n) is 4.82. The van der Waals surface area contributed by atoms with Gasteiger partial charge in [0.2, 0.25) is 11.0 Å². The van der Waals surface area contributed by atoms with Crippen LogP contribution in [0.5, 0.6) is 0 Å². The number of thioether (sulfide) groups is 1. The summed E-state index contributed by atoms with van der Waals surface area (Å²) >= 11 is 11.6. The van der Waals surface area contributed by atoms with Crippen molar-refractivity contribution in [2.24, 2.45) is 0 Å². The van der Waals surface area contributed by atoms with E-state index in [1.54, 1.807) is 25.1 Å². The normalized spacial score (nSPS) is 10.3. The van der Waals surface area contributed by atoms with Gasteiger partial charge in [-0.2, -0.15) is 0 Å². The van der Waals surface area contributed by atoms with Crippen molar-refractivity contribution in [3.05, 3.63) is 33.3 Å². The fraction of sp³-hybridized carbons (Fsp3) is 0.267. The van der Waals surface area contributed by atoms with Gasteiger partial charge in [0.25, 0.3) is 5.91 Å². The van der Waals surface area contributed by atoms with E-state index in [2.05, 4.69) is 36.8 Å². The van der Waals surface area contributed by atoms with E-state index < -0.39 is 11.9 Å². The van der Waals surface area contributed by atoms with Gasteiger partial charge in [0.05, 0.1) is 22.9 Å². The smallest absolute Gasteiger partial charge is 0.325 e. The highest BCUT2D eigenvalue weighted by Crippen LogP contribution is 2.27. The number of hydrogen-bond acceptors (Lipinski definition) is 8. The Balaban J connectivity index is 1.84. The minimum atomic E-state index is -0.497. The Labute approximate surface area is 176 Å². The number of amides is 2. The summed E-state index contributed by atoms with van der Waals surface area (Å²) in [6, 6.07) is 4.94. The zero-order valence-electron chi connectivity index (χ0n) is 14.0. The maximum atomic E-state index is 12.3. The van der Waals surface area contributed by atoms with E-state index in [0.29, 0.717) is 14.9 Å². The number of benzene rings is 1. The van der Waals surface area contributed by atoms with Crippen LogP contribution in [-0.4, -0.2) is 46.9 Å². The van der Waals surface area contributed by atoms with Crippen molar-refractivity contribution in [1.82, 2.24) is 15.5 Å². The summed E-state index contributed by atoms with van der Waals surface area (Å²) in [5.41, 5.74) is 0.300. The average molecular weight is 494 g/mol. The maximum Gasteiger partial charge on any atom is 0.325 e. The van der Waals surface area contributed by atoms with Crippen molar-refractivity contribution >= 4 is 73.5 Å². The Hall–Kier alpha value is -1.69. The molecule has 0 fully saturated rings. The number of ether oxygens (including phenoxy) is 1. The molecule has 0 saturated heterocycles. The van der Waals surface area contributed by atoms with E-state index in [4.69, 9.17) is 16.3 Å². The van der Waals surface area contributed by atoms with Crippen LogP contribution in [0.15, 0.2) is 27.0 Å². The molecule has 12 heteroatoms. The quantitative estimate of drug-likeness (QED) is 0.330. The topological polar surface area (TPSA) is 110 Å². The molecule has 0 bridgehead atoms. The van der Waals surface area contributed by atoms with Gasteiger partial charge in [-0.15, -0.1) is 10.2 Å². The lowest BCUT2D eigenvalue weighted by Gasteiger charge is -2.04. The summed E-state index contributed by atoms with van der Waals surface area (Å²) in [5.74, 6) is -1.20. The third kappa shape index (κ3) is 7.09. The molecule has 27 heavy (non-hydrogen) atoms. The van der Waals surface area contributed by atoms with Crippen LogP contribution in [0.3, 0.4) is 0 Å². The summed E-state index contributed by atoms with van der Waals surface area (Å²) in [7, 11) is 0. The first-order valence-electron chi connectivity index (χ1n) is 7.54. The largest absolute Gasteiger partial charge is 0.465 e. The zero-order chi connectivity index (χ0) is 19.8. The van der Waals surface area contributed by atoms with Gasteiger partial charge in [0.1, 0.15) is 6.54 Å². The van der Waals surface area contributed by atoms with Crippen LogP contribution >= 0.6 is 50.6 Å². The number of hydrogen-bond donors (Lipinski definition) is 2. The van der Waals surface area contributed by atoms with Crippen LogP contribution in [0.4, 0.5) is 5.13 Å². The maximum absolute atomic E-state index is 12.3. The minimum Gasteiger partial charge on any atom is -0.465 e. The lowest BCUT2D eigenvalue weighted by Crippen LogP contribution is -2.31. The van der Waals surface area contributed by atoms with E-state index >= 15 is 0 Å². The number of nitrogens with zero attached hydrogens (tertiary/aromatic N) is 2. The summed E-state index contributed by atoms with van der Waals surface area (Å²) in [6.07, 6.45) is 0. The molecule has 0 aliphatic rings. The van der Waals surface area contributed by atoms with E-state index in [1.807, 2.05) is 0 Å². The van der Waals surface area contributed by atoms with E-state index in [0.717, 1.165) is 27.6 Å². The molecule has 0 aliphatic heterocycles. The first-order valence-corrected chi connectivity index (χ1v) is 10.5. The molecule has 1 heterocycles. The van der Waals surface area contributed by atoms with Gasteiger partial charge in [-0.05, 0) is 25.1 Å². The molecule has 1 aromatic heterocycles. The second-order valence-corrected chi connectivity index (χ2v) is 8.34. The molecule has 0 atom stereocenters. The fourth-order valence-corrected chi connectivity index (χ4v) is 3.86. The molecule has 0 spiro atoms. The molecule has 2 rings (SSSR count). The Kier molecular flexibility index (Phi) is 8.48. The first-order chi connectivity index (χ1) is 12.9. The van der Waals surface area contributed by atoms with Gasteiger partial charge >= 0.3 is 5.97 Å². The molecule has 0 unspecified atom stereocenters. The van der Waals surface area contributed by atoms with Gasteiger partial charge in [0.15, 0.2) is 4.34 Å². The van der Waals surface area contributed by atoms with E-state index in [-0.39, 0.29) is 29.9 Å². The first kappa shape index (κ1) is 21.6. The van der Waals surface area contributed by atoms with Gasteiger partial charge in [-0.25, -0.2) is 0 Å². The van der Waals surface area contributed by atoms with Crippen molar-refractivity contribution in [3.8, 4) is 0 Å². The number of nitrogens with one attached hydrogen (secondary N) is 2. The molecule has 144 valence electrons. The summed E-state index contributed by atoms with van der Waals surface area (Å²) in [6.45, 7) is 1.76. The average Bonchev–Trinajstić information content (AvgIpc) is 3.07. The number of halogens is 2. The summed E-state index contributed by atoms with van der Waals surface area (Å²) in [5, 5.41) is 13.4. The van der Waals surface area contributed by atoms with Crippen molar-refractivity contribution in [3.63, 3.8) is 0 Å². The predicted octanol–water partition coefficient (Wildman–Crippen LogP) is 2.98. The number of anilines is 1. The Morgan fingerprint density at radius 2 is 2.11 bits per heavy atom. The fourth-order valence-electron chi connectivity index (χ4n) is 1.72. The number of carbonyl (C=O) groups excluding carboxylic acids is 3. The number of carbonyl (C=O) groups is 3. The van der Waals surface area contributed by atoms with Crippen molar-refractivity contribution in [2.45, 2.75) is 11.3 Å². The molecular formula is C15H14BrClN4O4S2. The van der Waals surface area contributed by atoms with Crippen molar-refractivity contribution < 1.29 is 19.1 Å². The minimum absolute atomic E-state index is 0.0550. The van der Waals surface area contributed by atoms with E-state index in [1.165, 1.54) is 0 Å². The molecule has 2 N–H and O–H groups in total. The SMILES string of the molecule is CCOC(=O)CNC(=O)CSc1nnc(NC(=O)c2cc(Br)ccc2Cl)s1. The highest BCUT2D eigenvalue weighted by atomic mass is 79.9. The monoisotopic (exact) mass is 492 g/mol. The van der Waals surface area contributed by atoms with E-state index in [9.17, 15) is 14.4 Å². The van der Waals surface area contributed by atoms with Crippen LogP contribution < -0.4 is 10.6 Å². The molecule has 2 amide bonds. The second kappa shape index (κ2) is 10.6. The van der Waals surface area contributed by atoms with Crippen LogP contribution in [-0.2, 0) is 14.3 Å². The van der Waals surface area contributed by atoms with Gasteiger partial charge < -0.3 is 10.1 Å². The molecule has 0 saturated carbocycles. The number of esters is 1. The van der Waals surface area contributed by atoms with Gasteiger partial charge in [-0.3, -0.25) is 19.7 Å². The summed E-state index contributed by atoms with van der Waals surface area (Å²) in [4.78, 5) is 35.1. The molecule has 2 aromatic rings. The van der Waals surface area contributed by atoms with Crippen molar-refractivity contribution in [2.75, 3.05) is 24.2 Å². The molecule has 0 aliphatic carbocycles. The Morgan fingerprint density at radius 3 is 2.85 bits per heavy atom. The standard InChI is InChI=1S/C15H14BrClN4O4S2/c1-2-25-12(23)6-18-11(22)7-26-15-21-20-14(27-15)19-13(24)9-5-8(16)3-4-10(9)17/h3-5H,2,6-7H2,1H3,(H,18,22)(H,19,20,24). The lowest BCUT2D eigenvalue weighted by molar-refractivity contribution is -0.143. The predicted molar refractivity (Wildman–Crippen MR) is 107 cm³/mol. The zero-order valence-corrected chi connectivity index (χ0v) is 17.9. The lowest BCUT2D eigenvalue weighted by atomic mass is 10.2. The number of rotatable bonds is 8. The summed E-state index contributed by atoms with van der Waals surface area (Å²) < 4.78 is 5.93. The van der Waals surface area contributed by atoms with Crippen molar-refractivity contribution in [1.29, 1.82) is 0 Å². The third-order valence-corrected chi connectivity index (χ3v) is 5.66. The van der Waals surface area contributed by atoms with Crippen LogP contribution in [0.1, 0.15) is 17.3 Å². The van der Waals surface area contributed by atoms with Crippen LogP contribution in [0.2, 0.25) is 5.02 Å². The third-order valence-electron chi connectivity index (χ3n) is 2.86. The van der Waals surface area contributed by atoms with Gasteiger partial charge in [0, 0.05) is 4.47 Å². The number of aromatic nitrogens is 2. The molecular weight excluding hydrogens is 480 g/mol. The highest BCUT2D eigenvalue weighted by molar-refractivity contribution is 9.10. The Bertz CT molecular complexity index is 849. The Morgan fingerprint density at radius 1 is 1.33 bits per heavy atom. The van der Waals surface area contributed by atoms with Crippen LogP contribution in [0, 0.1) is 0 Å². The molecule has 1 aromatic carbocycles. The highest BCUT2D eigenvalue weighted by Gasteiger charge is 2.15.